The summed E-state index contributed by atoms with van der Waals surface area (Å²) in [7, 11) is 4.93. The summed E-state index contributed by atoms with van der Waals surface area (Å²) in [5.74, 6) is 0.0112. The number of anilines is 2. The Morgan fingerprint density at radius 2 is 1.79 bits per heavy atom. The molecule has 0 bridgehead atoms. The van der Waals surface area contributed by atoms with E-state index in [-0.39, 0.29) is 11.3 Å². The second-order valence-corrected chi connectivity index (χ2v) is 7.77. The fraction of sp³-hybridized carbons (Fsp3) is 0.172. The molecule has 7 nitrogen and oxygen atoms in total. The minimum Gasteiger partial charge on any atom is -0.481 e. The molecule has 0 fully saturated rings. The quantitative estimate of drug-likeness (QED) is 0.332. The minimum absolute atomic E-state index is 0.147. The average Bonchev–Trinajstić information content (AvgIpc) is 3.34. The van der Waals surface area contributed by atoms with Crippen LogP contribution in [0.5, 0.6) is 5.88 Å². The first kappa shape index (κ1) is 31.2. The van der Waals surface area contributed by atoms with E-state index < -0.39 is 11.6 Å². The van der Waals surface area contributed by atoms with Crippen molar-refractivity contribution in [2.24, 2.45) is 5.73 Å². The fourth-order valence-electron chi connectivity index (χ4n) is 3.65. The van der Waals surface area contributed by atoms with Crippen molar-refractivity contribution in [2.75, 3.05) is 31.4 Å². The van der Waals surface area contributed by atoms with E-state index in [0.717, 1.165) is 5.56 Å². The summed E-state index contributed by atoms with van der Waals surface area (Å²) in [6.07, 6.45) is 12.9. The molecule has 1 aromatic carbocycles. The number of nitrogens with zero attached hydrogens (tertiary/aromatic N) is 4. The normalized spacial score (nSPS) is 11.2. The maximum atomic E-state index is 14.7. The third kappa shape index (κ3) is 6.48. The Balaban J connectivity index is 0.000000431. The molecule has 1 aliphatic rings. The van der Waals surface area contributed by atoms with Crippen LogP contribution in [0, 0.1) is 38.3 Å². The largest absolute Gasteiger partial charge is 0.481 e. The fourth-order valence-corrected chi connectivity index (χ4v) is 3.65. The molecule has 0 saturated carbocycles. The molecule has 3 heterocycles. The number of methoxy groups -OCH3 is 1. The van der Waals surface area contributed by atoms with Gasteiger partial charge in [-0.2, -0.15) is 0 Å². The first-order valence-corrected chi connectivity index (χ1v) is 11.2. The molecule has 0 atom stereocenters. The van der Waals surface area contributed by atoms with Crippen molar-refractivity contribution in [3.8, 4) is 18.7 Å². The van der Waals surface area contributed by atoms with E-state index in [1.165, 1.54) is 24.0 Å². The molecule has 0 spiro atoms. The van der Waals surface area contributed by atoms with Gasteiger partial charge in [0.05, 0.1) is 24.1 Å². The Morgan fingerprint density at radius 1 is 1.16 bits per heavy atom. The summed E-state index contributed by atoms with van der Waals surface area (Å²) in [6, 6.07) is 4.62. The van der Waals surface area contributed by atoms with Gasteiger partial charge in [-0.05, 0) is 37.6 Å². The highest BCUT2D eigenvalue weighted by Gasteiger charge is 2.28. The summed E-state index contributed by atoms with van der Waals surface area (Å²) in [4.78, 5) is 9.96. The Kier molecular flexibility index (Phi) is 11.5. The molecular formula is C29H34F2N6O. The maximum Gasteiger partial charge on any atom is 0.215 e. The number of benzene rings is 1. The van der Waals surface area contributed by atoms with Gasteiger partial charge in [0.1, 0.15) is 23.7 Å². The van der Waals surface area contributed by atoms with Crippen LogP contribution in [0.1, 0.15) is 22.4 Å². The molecule has 200 valence electrons. The topological polar surface area (TPSA) is 81.2 Å². The van der Waals surface area contributed by atoms with Crippen molar-refractivity contribution < 1.29 is 13.5 Å². The van der Waals surface area contributed by atoms with Crippen LogP contribution in [-0.2, 0) is 0 Å². The Bertz CT molecular complexity index is 1360. The predicted molar refractivity (Wildman–Crippen MR) is 154 cm³/mol. The second kappa shape index (κ2) is 14.0. The Morgan fingerprint density at radius 3 is 2.32 bits per heavy atom. The SMILES string of the molecule is C#C.C=C.C=C(N)c1ncn2c1N(C)C(=C)C(c1c(F)ccc(NC)c1F)=C2.COc1ncc(C)cc1C. The van der Waals surface area contributed by atoms with Crippen LogP contribution >= 0.6 is 0 Å². The van der Waals surface area contributed by atoms with Crippen molar-refractivity contribution in [3.63, 3.8) is 0 Å². The Hall–Kier alpha value is -4.84. The third-order valence-corrected chi connectivity index (χ3v) is 5.36. The molecule has 38 heavy (non-hydrogen) atoms. The lowest BCUT2D eigenvalue weighted by atomic mass is 10.00. The molecule has 0 saturated heterocycles. The molecule has 3 N–H and O–H groups in total. The first-order valence-electron chi connectivity index (χ1n) is 11.2. The molecule has 0 unspecified atom stereocenters. The van der Waals surface area contributed by atoms with E-state index in [1.54, 1.807) is 43.1 Å². The smallest absolute Gasteiger partial charge is 0.215 e. The number of rotatable bonds is 4. The number of halogens is 2. The predicted octanol–water partition coefficient (Wildman–Crippen LogP) is 5.85. The van der Waals surface area contributed by atoms with Crippen molar-refractivity contribution in [2.45, 2.75) is 13.8 Å². The number of allylic oxidation sites excluding steroid dienone is 1. The molecule has 3 aromatic rings. The van der Waals surface area contributed by atoms with Gasteiger partial charge in [0.2, 0.25) is 5.88 Å². The molecule has 0 amide bonds. The number of fused-ring (bicyclic) bond motifs is 1. The summed E-state index contributed by atoms with van der Waals surface area (Å²) in [6.45, 7) is 17.7. The van der Waals surface area contributed by atoms with Gasteiger partial charge in [0, 0.05) is 43.3 Å². The van der Waals surface area contributed by atoms with Gasteiger partial charge in [-0.1, -0.05) is 13.2 Å². The van der Waals surface area contributed by atoms with E-state index in [4.69, 9.17) is 10.5 Å². The molecular weight excluding hydrogens is 486 g/mol. The average molecular weight is 521 g/mol. The zero-order valence-electron chi connectivity index (χ0n) is 22.5. The van der Waals surface area contributed by atoms with E-state index in [0.29, 0.717) is 34.4 Å². The number of hydrogen-bond acceptors (Lipinski definition) is 6. The first-order chi connectivity index (χ1) is 18.1. The summed E-state index contributed by atoms with van der Waals surface area (Å²) < 4.78 is 35.6. The van der Waals surface area contributed by atoms with Gasteiger partial charge >= 0.3 is 0 Å². The zero-order chi connectivity index (χ0) is 29.2. The molecule has 9 heteroatoms. The lowest BCUT2D eigenvalue weighted by Crippen LogP contribution is -2.25. The van der Waals surface area contributed by atoms with Gasteiger partial charge in [-0.3, -0.25) is 4.57 Å². The number of hydrogen-bond donors (Lipinski definition) is 2. The van der Waals surface area contributed by atoms with Crippen LogP contribution in [0.4, 0.5) is 20.3 Å². The lowest BCUT2D eigenvalue weighted by molar-refractivity contribution is 0.394. The van der Waals surface area contributed by atoms with Crippen LogP contribution in [0.3, 0.4) is 0 Å². The van der Waals surface area contributed by atoms with E-state index >= 15 is 0 Å². The molecule has 0 radical (unpaired) electrons. The number of imidazole rings is 1. The molecule has 4 rings (SSSR count). The minimum atomic E-state index is -0.676. The van der Waals surface area contributed by atoms with Gasteiger partial charge in [-0.25, -0.2) is 18.7 Å². The lowest BCUT2D eigenvalue weighted by Gasteiger charge is -2.30. The maximum absolute atomic E-state index is 14.7. The van der Waals surface area contributed by atoms with Crippen LogP contribution in [-0.4, -0.2) is 35.7 Å². The van der Waals surface area contributed by atoms with E-state index in [2.05, 4.69) is 54.4 Å². The number of nitrogens with two attached hydrogens (primary N) is 1. The van der Waals surface area contributed by atoms with Gasteiger partial charge in [-0.15, -0.1) is 26.0 Å². The highest BCUT2D eigenvalue weighted by Crippen LogP contribution is 2.39. The van der Waals surface area contributed by atoms with Crippen molar-refractivity contribution in [3.05, 3.63) is 96.8 Å². The van der Waals surface area contributed by atoms with E-state index in [1.807, 2.05) is 19.9 Å². The number of ether oxygens (including phenoxy) is 1. The molecule has 0 aliphatic carbocycles. The van der Waals surface area contributed by atoms with Crippen LogP contribution in [0.2, 0.25) is 0 Å². The van der Waals surface area contributed by atoms with Crippen LogP contribution < -0.4 is 20.7 Å². The second-order valence-electron chi connectivity index (χ2n) is 7.77. The molecule has 2 aromatic heterocycles. The van der Waals surface area contributed by atoms with Crippen molar-refractivity contribution in [1.82, 2.24) is 14.5 Å². The number of aromatic nitrogens is 3. The van der Waals surface area contributed by atoms with Gasteiger partial charge in [0.15, 0.2) is 5.82 Å². The standard InChI is InChI=1S/C17H17F2N5.C8H11NO.C2H4.C2H2/c1-9(20)16-17-23(4)10(2)11(7-24(17)8-22-16)14-12(18)5-6-13(21-3)15(14)19;1-6-4-7(2)8(10-3)9-5-6;2*1-2/h5-8,21H,1-2,20H2,3-4H3;4-5H,1-3H3;1-2H2;1-2H. The third-order valence-electron chi connectivity index (χ3n) is 5.36. The number of nitrogens with one attached hydrogen (secondary N) is 1. The highest BCUT2D eigenvalue weighted by molar-refractivity contribution is 5.95. The van der Waals surface area contributed by atoms with E-state index in [9.17, 15) is 8.78 Å². The Labute approximate surface area is 223 Å². The van der Waals surface area contributed by atoms with Crippen molar-refractivity contribution in [1.29, 1.82) is 0 Å². The number of terminal acetylenes is 1. The monoisotopic (exact) mass is 520 g/mol. The van der Waals surface area contributed by atoms with Crippen LogP contribution in [0.15, 0.2) is 62.7 Å². The number of aryl methyl sites for hydroxylation is 2. The zero-order valence-corrected chi connectivity index (χ0v) is 22.5. The van der Waals surface area contributed by atoms with Crippen molar-refractivity contribution >= 4 is 29.0 Å². The molecule has 1 aliphatic heterocycles. The number of likely N-dealkylation sites (N-methyl/N-ethyl adjacent to an activating group) is 1. The summed E-state index contributed by atoms with van der Waals surface area (Å²) in [5.41, 5.74) is 9.60. The highest BCUT2D eigenvalue weighted by atomic mass is 19.1. The van der Waals surface area contributed by atoms with Gasteiger partial charge < -0.3 is 20.7 Å². The summed E-state index contributed by atoms with van der Waals surface area (Å²) >= 11 is 0. The van der Waals surface area contributed by atoms with Crippen LogP contribution in [0.25, 0.3) is 17.5 Å². The number of pyridine rings is 1. The van der Waals surface area contributed by atoms with Gasteiger partial charge in [0.25, 0.3) is 0 Å². The summed E-state index contributed by atoms with van der Waals surface area (Å²) in [5, 5.41) is 2.71.